The van der Waals surface area contributed by atoms with Crippen LogP contribution in [0.25, 0.3) is 10.9 Å². The van der Waals surface area contributed by atoms with E-state index in [4.69, 9.17) is 4.74 Å². The summed E-state index contributed by atoms with van der Waals surface area (Å²) in [6.07, 6.45) is 1.82. The van der Waals surface area contributed by atoms with E-state index in [2.05, 4.69) is 14.9 Å². The van der Waals surface area contributed by atoms with Crippen LogP contribution in [0.15, 0.2) is 35.8 Å². The molecule has 1 aliphatic heterocycles. The fraction of sp³-hybridized carbons (Fsp3) is 0.294. The number of nitrogens with zero attached hydrogens (tertiary/aromatic N) is 3. The zero-order chi connectivity index (χ0) is 16.5. The van der Waals surface area contributed by atoms with E-state index in [9.17, 15) is 4.79 Å². The van der Waals surface area contributed by atoms with E-state index >= 15 is 0 Å². The van der Waals surface area contributed by atoms with E-state index in [0.29, 0.717) is 18.8 Å². The normalized spacial score (nSPS) is 15.0. The minimum atomic E-state index is 0.0453. The second kappa shape index (κ2) is 6.16. The van der Waals surface area contributed by atoms with Gasteiger partial charge in [0.05, 0.1) is 7.11 Å². The lowest BCUT2D eigenvalue weighted by Crippen LogP contribution is -2.48. The number of amides is 1. The van der Waals surface area contributed by atoms with Gasteiger partial charge in [-0.15, -0.1) is 11.3 Å². The Morgan fingerprint density at radius 1 is 1.25 bits per heavy atom. The summed E-state index contributed by atoms with van der Waals surface area (Å²) in [5.41, 5.74) is 1.54. The number of carbonyl (C=O) groups is 1. The third-order valence-corrected chi connectivity index (χ3v) is 5.15. The van der Waals surface area contributed by atoms with Gasteiger partial charge in [0.2, 0.25) is 0 Å². The second-order valence-corrected chi connectivity index (χ2v) is 6.60. The highest BCUT2D eigenvalue weighted by Gasteiger charge is 2.24. The molecule has 3 aromatic rings. The Labute approximate surface area is 143 Å². The number of benzene rings is 1. The van der Waals surface area contributed by atoms with Crippen LogP contribution < -0.4 is 9.64 Å². The lowest BCUT2D eigenvalue weighted by molar-refractivity contribution is 0.0742. The van der Waals surface area contributed by atoms with Crippen molar-refractivity contribution in [3.8, 4) is 5.75 Å². The van der Waals surface area contributed by atoms with E-state index in [1.807, 2.05) is 40.7 Å². The summed E-state index contributed by atoms with van der Waals surface area (Å²) in [5, 5.41) is 4.02. The van der Waals surface area contributed by atoms with Gasteiger partial charge in [-0.2, -0.15) is 0 Å². The number of carbonyl (C=O) groups excluding carboxylic acids is 1. The summed E-state index contributed by atoms with van der Waals surface area (Å²) in [5.74, 6) is 0.823. The molecule has 2 aromatic heterocycles. The Bertz CT molecular complexity index is 851. The summed E-state index contributed by atoms with van der Waals surface area (Å²) in [7, 11) is 1.64. The number of methoxy groups -OCH3 is 1. The summed E-state index contributed by atoms with van der Waals surface area (Å²) in [4.78, 5) is 24.4. The molecule has 0 bridgehead atoms. The van der Waals surface area contributed by atoms with E-state index < -0.39 is 0 Å². The molecule has 1 aliphatic rings. The molecule has 1 N–H and O–H groups in total. The van der Waals surface area contributed by atoms with Crippen LogP contribution in [0.5, 0.6) is 5.75 Å². The number of anilines is 1. The number of aromatic amines is 1. The molecular weight excluding hydrogens is 324 g/mol. The van der Waals surface area contributed by atoms with E-state index in [1.54, 1.807) is 18.4 Å². The number of aromatic nitrogens is 2. The zero-order valence-electron chi connectivity index (χ0n) is 13.4. The Morgan fingerprint density at radius 3 is 2.79 bits per heavy atom. The van der Waals surface area contributed by atoms with E-state index in [0.717, 1.165) is 34.9 Å². The number of nitrogens with one attached hydrogen (secondary N) is 1. The van der Waals surface area contributed by atoms with Gasteiger partial charge in [-0.1, -0.05) is 0 Å². The van der Waals surface area contributed by atoms with Crippen molar-refractivity contribution in [2.45, 2.75) is 0 Å². The Balaban J connectivity index is 1.48. The van der Waals surface area contributed by atoms with Crippen molar-refractivity contribution in [3.05, 3.63) is 41.5 Å². The minimum absolute atomic E-state index is 0.0453. The van der Waals surface area contributed by atoms with Crippen LogP contribution in [-0.2, 0) is 0 Å². The van der Waals surface area contributed by atoms with Gasteiger partial charge < -0.3 is 19.5 Å². The van der Waals surface area contributed by atoms with Crippen LogP contribution in [0.1, 0.15) is 10.5 Å². The Morgan fingerprint density at radius 2 is 2.08 bits per heavy atom. The van der Waals surface area contributed by atoms with Gasteiger partial charge in [0.15, 0.2) is 5.13 Å². The number of ether oxygens (including phenoxy) is 1. The van der Waals surface area contributed by atoms with Gasteiger partial charge >= 0.3 is 0 Å². The molecule has 0 aliphatic carbocycles. The standard InChI is InChI=1S/C17H18N4O2S/c1-23-13-3-2-12-10-15(19-14(12)11-13)16(22)20-5-7-21(8-6-20)17-18-4-9-24-17/h2-4,9-11,19H,5-8H2,1H3. The smallest absolute Gasteiger partial charge is 0.270 e. The van der Waals surface area contributed by atoms with E-state index in [1.165, 1.54) is 0 Å². The highest BCUT2D eigenvalue weighted by Crippen LogP contribution is 2.23. The fourth-order valence-electron chi connectivity index (χ4n) is 2.99. The van der Waals surface area contributed by atoms with Crippen LogP contribution in [0.4, 0.5) is 5.13 Å². The SMILES string of the molecule is COc1ccc2cc(C(=O)N3CCN(c4nccs4)CC3)[nH]c2c1. The molecule has 0 spiro atoms. The molecule has 24 heavy (non-hydrogen) atoms. The molecule has 1 amide bonds. The molecule has 0 saturated carbocycles. The first kappa shape index (κ1) is 15.0. The van der Waals surface area contributed by atoms with Crippen molar-refractivity contribution in [3.63, 3.8) is 0 Å². The van der Waals surface area contributed by atoms with Gasteiger partial charge in [-0.25, -0.2) is 4.98 Å². The van der Waals surface area contributed by atoms with Crippen LogP contribution >= 0.6 is 11.3 Å². The second-order valence-electron chi connectivity index (χ2n) is 5.73. The predicted octanol–water partition coefficient (Wildman–Crippen LogP) is 2.60. The molecule has 1 saturated heterocycles. The van der Waals surface area contributed by atoms with Crippen molar-refractivity contribution in [2.24, 2.45) is 0 Å². The maximum Gasteiger partial charge on any atom is 0.270 e. The van der Waals surface area contributed by atoms with Crippen LogP contribution in [0.2, 0.25) is 0 Å². The van der Waals surface area contributed by atoms with Gasteiger partial charge in [0.1, 0.15) is 11.4 Å². The van der Waals surface area contributed by atoms with Crippen molar-refractivity contribution in [1.29, 1.82) is 0 Å². The monoisotopic (exact) mass is 342 g/mol. The first-order chi connectivity index (χ1) is 11.7. The largest absolute Gasteiger partial charge is 0.497 e. The number of hydrogen-bond acceptors (Lipinski definition) is 5. The highest BCUT2D eigenvalue weighted by molar-refractivity contribution is 7.13. The summed E-state index contributed by atoms with van der Waals surface area (Å²) < 4.78 is 5.23. The number of rotatable bonds is 3. The lowest BCUT2D eigenvalue weighted by Gasteiger charge is -2.34. The maximum atomic E-state index is 12.7. The first-order valence-corrected chi connectivity index (χ1v) is 8.73. The van der Waals surface area contributed by atoms with Gasteiger partial charge in [-0.05, 0) is 18.2 Å². The average molecular weight is 342 g/mol. The number of hydrogen-bond donors (Lipinski definition) is 1. The molecule has 7 heteroatoms. The molecule has 6 nitrogen and oxygen atoms in total. The topological polar surface area (TPSA) is 61.5 Å². The van der Waals surface area contributed by atoms with Gasteiger partial charge in [-0.3, -0.25) is 4.79 Å². The van der Waals surface area contributed by atoms with Crippen molar-refractivity contribution in [2.75, 3.05) is 38.2 Å². The molecule has 4 rings (SSSR count). The van der Waals surface area contributed by atoms with Crippen LogP contribution in [-0.4, -0.2) is 54.1 Å². The fourth-order valence-corrected chi connectivity index (χ4v) is 3.69. The van der Waals surface area contributed by atoms with E-state index in [-0.39, 0.29) is 5.91 Å². The third kappa shape index (κ3) is 2.71. The van der Waals surface area contributed by atoms with Crippen LogP contribution in [0.3, 0.4) is 0 Å². The quantitative estimate of drug-likeness (QED) is 0.795. The molecular formula is C17H18N4O2S. The molecule has 0 unspecified atom stereocenters. The zero-order valence-corrected chi connectivity index (χ0v) is 14.2. The Hall–Kier alpha value is -2.54. The summed E-state index contributed by atoms with van der Waals surface area (Å²) in [6, 6.07) is 7.68. The average Bonchev–Trinajstić information content (AvgIpc) is 3.30. The van der Waals surface area contributed by atoms with Crippen molar-refractivity contribution >= 4 is 33.3 Å². The van der Waals surface area contributed by atoms with Crippen LogP contribution in [0, 0.1) is 0 Å². The molecule has 0 radical (unpaired) electrons. The van der Waals surface area contributed by atoms with Gasteiger partial charge in [0, 0.05) is 54.7 Å². The molecule has 0 atom stereocenters. The van der Waals surface area contributed by atoms with Crippen molar-refractivity contribution in [1.82, 2.24) is 14.9 Å². The maximum absolute atomic E-state index is 12.7. The minimum Gasteiger partial charge on any atom is -0.497 e. The summed E-state index contributed by atoms with van der Waals surface area (Å²) in [6.45, 7) is 3.04. The number of H-pyrrole nitrogens is 1. The highest BCUT2D eigenvalue weighted by atomic mass is 32.1. The first-order valence-electron chi connectivity index (χ1n) is 7.85. The molecule has 1 aromatic carbocycles. The summed E-state index contributed by atoms with van der Waals surface area (Å²) >= 11 is 1.64. The Kier molecular flexibility index (Phi) is 3.86. The number of fused-ring (bicyclic) bond motifs is 1. The number of piperazine rings is 1. The molecule has 124 valence electrons. The molecule has 3 heterocycles. The van der Waals surface area contributed by atoms with Crippen molar-refractivity contribution < 1.29 is 9.53 Å². The number of thiazole rings is 1. The van der Waals surface area contributed by atoms with Gasteiger partial charge in [0.25, 0.3) is 5.91 Å². The predicted molar refractivity (Wildman–Crippen MR) is 95.1 cm³/mol. The molecule has 1 fully saturated rings. The lowest BCUT2D eigenvalue weighted by atomic mass is 10.2. The third-order valence-electron chi connectivity index (χ3n) is 4.32.